The van der Waals surface area contributed by atoms with Crippen molar-refractivity contribution in [1.82, 2.24) is 20.4 Å². The van der Waals surface area contributed by atoms with E-state index in [0.717, 1.165) is 44.7 Å². The zero-order valence-corrected chi connectivity index (χ0v) is 10.3. The van der Waals surface area contributed by atoms with Crippen LogP contribution in [0.3, 0.4) is 0 Å². The van der Waals surface area contributed by atoms with Crippen molar-refractivity contribution in [3.05, 3.63) is 17.5 Å². The number of hydrogen-bond acceptors (Lipinski definition) is 3. The Morgan fingerprint density at radius 3 is 2.94 bits per heavy atom. The monoisotopic (exact) mass is 236 g/mol. The molecule has 1 aromatic rings. The van der Waals surface area contributed by atoms with E-state index < -0.39 is 0 Å². The molecule has 17 heavy (non-hydrogen) atoms. The van der Waals surface area contributed by atoms with Gasteiger partial charge in [-0.05, 0) is 19.8 Å². The highest BCUT2D eigenvalue weighted by Crippen LogP contribution is 2.08. The van der Waals surface area contributed by atoms with Crippen molar-refractivity contribution >= 4 is 5.91 Å². The molecule has 1 aromatic heterocycles. The summed E-state index contributed by atoms with van der Waals surface area (Å²) in [5, 5.41) is 10.1. The Labute approximate surface area is 102 Å². The number of aromatic amines is 1. The van der Waals surface area contributed by atoms with Gasteiger partial charge >= 0.3 is 0 Å². The zero-order chi connectivity index (χ0) is 12.1. The molecule has 1 aliphatic heterocycles. The van der Waals surface area contributed by atoms with Crippen molar-refractivity contribution in [3.8, 4) is 0 Å². The van der Waals surface area contributed by atoms with Crippen LogP contribution in [0, 0.1) is 6.92 Å². The highest BCUT2D eigenvalue weighted by Gasteiger charge is 2.16. The Morgan fingerprint density at radius 2 is 2.29 bits per heavy atom. The molecule has 1 amide bonds. The first-order valence-electron chi connectivity index (χ1n) is 6.24. The van der Waals surface area contributed by atoms with Crippen molar-refractivity contribution < 1.29 is 4.79 Å². The number of likely N-dealkylation sites (tertiary alicyclic amines) is 1. The van der Waals surface area contributed by atoms with Gasteiger partial charge in [-0.25, -0.2) is 0 Å². The Hall–Kier alpha value is -1.36. The Morgan fingerprint density at radius 1 is 1.53 bits per heavy atom. The third-order valence-corrected chi connectivity index (χ3v) is 3.22. The molecule has 0 aromatic carbocycles. The molecule has 0 aliphatic carbocycles. The molecule has 1 fully saturated rings. The molecule has 0 radical (unpaired) electrons. The minimum atomic E-state index is 0.277. The number of aromatic nitrogens is 2. The minimum absolute atomic E-state index is 0.277. The van der Waals surface area contributed by atoms with Crippen LogP contribution in [0.15, 0.2) is 6.20 Å². The van der Waals surface area contributed by atoms with E-state index in [9.17, 15) is 4.79 Å². The van der Waals surface area contributed by atoms with Gasteiger partial charge in [0.05, 0.1) is 6.20 Å². The number of nitrogens with one attached hydrogen (secondary N) is 2. The predicted octanol–water partition coefficient (Wildman–Crippen LogP) is 0.820. The quantitative estimate of drug-likeness (QED) is 0.744. The summed E-state index contributed by atoms with van der Waals surface area (Å²) in [5.74, 6) is 0.277. The number of amides is 1. The van der Waals surface area contributed by atoms with E-state index in [2.05, 4.69) is 15.5 Å². The van der Waals surface area contributed by atoms with Crippen molar-refractivity contribution in [2.75, 3.05) is 19.6 Å². The number of nitrogens with zero attached hydrogens (tertiary/aromatic N) is 2. The van der Waals surface area contributed by atoms with E-state index in [1.807, 2.05) is 18.0 Å². The average Bonchev–Trinajstić information content (AvgIpc) is 2.96. The topological polar surface area (TPSA) is 61.0 Å². The van der Waals surface area contributed by atoms with Gasteiger partial charge in [-0.2, -0.15) is 5.10 Å². The Balaban J connectivity index is 1.63. The average molecular weight is 236 g/mol. The van der Waals surface area contributed by atoms with Gasteiger partial charge in [-0.1, -0.05) is 0 Å². The number of rotatable bonds is 5. The maximum Gasteiger partial charge on any atom is 0.223 e. The molecule has 5 heteroatoms. The van der Waals surface area contributed by atoms with Crippen LogP contribution in [-0.2, 0) is 11.3 Å². The van der Waals surface area contributed by atoms with Crippen molar-refractivity contribution in [2.24, 2.45) is 0 Å². The summed E-state index contributed by atoms with van der Waals surface area (Å²) in [6, 6.07) is 0. The molecule has 1 aliphatic rings. The molecule has 2 heterocycles. The first-order chi connectivity index (χ1) is 8.27. The van der Waals surface area contributed by atoms with Crippen molar-refractivity contribution in [3.63, 3.8) is 0 Å². The van der Waals surface area contributed by atoms with Crippen molar-refractivity contribution in [2.45, 2.75) is 32.7 Å². The summed E-state index contributed by atoms with van der Waals surface area (Å²) in [7, 11) is 0. The van der Waals surface area contributed by atoms with Gasteiger partial charge in [0.25, 0.3) is 0 Å². The van der Waals surface area contributed by atoms with Gasteiger partial charge in [0.1, 0.15) is 0 Å². The van der Waals surface area contributed by atoms with Crippen LogP contribution in [-0.4, -0.2) is 40.6 Å². The fourth-order valence-corrected chi connectivity index (χ4v) is 2.10. The van der Waals surface area contributed by atoms with Gasteiger partial charge in [0, 0.05) is 43.9 Å². The van der Waals surface area contributed by atoms with E-state index in [0.29, 0.717) is 6.42 Å². The summed E-state index contributed by atoms with van der Waals surface area (Å²) in [4.78, 5) is 13.7. The SMILES string of the molecule is Cc1[nH]ncc1CNCCC(=O)N1CCCC1. The molecular formula is C12H20N4O. The normalized spacial score (nSPS) is 15.5. The van der Waals surface area contributed by atoms with Crippen LogP contribution in [0.4, 0.5) is 0 Å². The van der Waals surface area contributed by atoms with Crippen LogP contribution < -0.4 is 5.32 Å². The predicted molar refractivity (Wildman–Crippen MR) is 65.5 cm³/mol. The smallest absolute Gasteiger partial charge is 0.223 e. The molecule has 0 atom stereocenters. The second-order valence-corrected chi connectivity index (χ2v) is 4.53. The van der Waals surface area contributed by atoms with Crippen LogP contribution >= 0.6 is 0 Å². The van der Waals surface area contributed by atoms with E-state index in [-0.39, 0.29) is 5.91 Å². The standard InChI is InChI=1S/C12H20N4O/c1-10-11(9-14-15-10)8-13-5-4-12(17)16-6-2-3-7-16/h9,13H,2-8H2,1H3,(H,14,15). The summed E-state index contributed by atoms with van der Waals surface area (Å²) >= 11 is 0. The van der Waals surface area contributed by atoms with E-state index in [1.54, 1.807) is 0 Å². The number of H-pyrrole nitrogens is 1. The van der Waals surface area contributed by atoms with Gasteiger partial charge in [0.15, 0.2) is 0 Å². The maximum atomic E-state index is 11.7. The first kappa shape index (κ1) is 12.1. The second-order valence-electron chi connectivity index (χ2n) is 4.53. The van der Waals surface area contributed by atoms with Crippen molar-refractivity contribution in [1.29, 1.82) is 0 Å². The van der Waals surface area contributed by atoms with Crippen LogP contribution in [0.1, 0.15) is 30.5 Å². The van der Waals surface area contributed by atoms with Gasteiger partial charge in [-0.3, -0.25) is 9.89 Å². The third-order valence-electron chi connectivity index (χ3n) is 3.22. The highest BCUT2D eigenvalue weighted by molar-refractivity contribution is 5.76. The van der Waals surface area contributed by atoms with Gasteiger partial charge in [-0.15, -0.1) is 0 Å². The van der Waals surface area contributed by atoms with Gasteiger partial charge in [0.2, 0.25) is 5.91 Å². The van der Waals surface area contributed by atoms with Crippen LogP contribution in [0.5, 0.6) is 0 Å². The largest absolute Gasteiger partial charge is 0.343 e. The first-order valence-corrected chi connectivity index (χ1v) is 6.24. The lowest BCUT2D eigenvalue weighted by molar-refractivity contribution is -0.130. The lowest BCUT2D eigenvalue weighted by atomic mass is 10.2. The third kappa shape index (κ3) is 3.30. The number of hydrogen-bond donors (Lipinski definition) is 2. The molecule has 94 valence electrons. The number of aryl methyl sites for hydroxylation is 1. The molecule has 0 bridgehead atoms. The Bertz CT molecular complexity index is 368. The molecule has 5 nitrogen and oxygen atoms in total. The molecular weight excluding hydrogens is 216 g/mol. The number of carbonyl (C=O) groups is 1. The summed E-state index contributed by atoms with van der Waals surface area (Å²) in [6.45, 7) is 5.40. The van der Waals surface area contributed by atoms with E-state index in [1.165, 1.54) is 5.56 Å². The molecule has 2 N–H and O–H groups in total. The van der Waals surface area contributed by atoms with E-state index in [4.69, 9.17) is 0 Å². The van der Waals surface area contributed by atoms with Gasteiger partial charge < -0.3 is 10.2 Å². The molecule has 0 saturated carbocycles. The van der Waals surface area contributed by atoms with E-state index >= 15 is 0 Å². The molecule has 2 rings (SSSR count). The minimum Gasteiger partial charge on any atom is -0.343 e. The molecule has 1 saturated heterocycles. The fourth-order valence-electron chi connectivity index (χ4n) is 2.10. The fraction of sp³-hybridized carbons (Fsp3) is 0.667. The lowest BCUT2D eigenvalue weighted by Gasteiger charge is -2.15. The number of carbonyl (C=O) groups excluding carboxylic acids is 1. The zero-order valence-electron chi connectivity index (χ0n) is 10.3. The highest BCUT2D eigenvalue weighted by atomic mass is 16.2. The van der Waals surface area contributed by atoms with Crippen LogP contribution in [0.2, 0.25) is 0 Å². The lowest BCUT2D eigenvalue weighted by Crippen LogP contribution is -2.30. The maximum absolute atomic E-state index is 11.7. The molecule has 0 spiro atoms. The summed E-state index contributed by atoms with van der Waals surface area (Å²) in [6.07, 6.45) is 4.74. The summed E-state index contributed by atoms with van der Waals surface area (Å²) in [5.41, 5.74) is 2.25. The molecule has 0 unspecified atom stereocenters. The second kappa shape index (κ2) is 5.82. The summed E-state index contributed by atoms with van der Waals surface area (Å²) < 4.78 is 0. The Kier molecular flexibility index (Phi) is 4.14. The van der Waals surface area contributed by atoms with Crippen LogP contribution in [0.25, 0.3) is 0 Å².